The van der Waals surface area contributed by atoms with Crippen molar-refractivity contribution < 1.29 is 4.79 Å². The van der Waals surface area contributed by atoms with Crippen molar-refractivity contribution in [3.8, 4) is 0 Å². The summed E-state index contributed by atoms with van der Waals surface area (Å²) in [7, 11) is 0. The molecular formula is C13H20N2O. The first-order chi connectivity index (χ1) is 7.57. The van der Waals surface area contributed by atoms with Crippen molar-refractivity contribution in [2.45, 2.75) is 33.2 Å². The van der Waals surface area contributed by atoms with Crippen LogP contribution in [0.4, 0.5) is 0 Å². The molecule has 1 rings (SSSR count). The summed E-state index contributed by atoms with van der Waals surface area (Å²) in [6, 6.07) is 5.58. The molecule has 1 aromatic carbocycles. The van der Waals surface area contributed by atoms with Crippen molar-refractivity contribution in [2.75, 3.05) is 6.54 Å². The first-order valence-electron chi connectivity index (χ1n) is 5.66. The van der Waals surface area contributed by atoms with Gasteiger partial charge in [0, 0.05) is 0 Å². The molecule has 1 amide bonds. The van der Waals surface area contributed by atoms with Gasteiger partial charge in [-0.25, -0.2) is 0 Å². The van der Waals surface area contributed by atoms with Gasteiger partial charge >= 0.3 is 0 Å². The molecule has 0 aromatic heterocycles. The van der Waals surface area contributed by atoms with Gasteiger partial charge in [-0.1, -0.05) is 25.1 Å². The van der Waals surface area contributed by atoms with Crippen LogP contribution in [0.15, 0.2) is 18.2 Å². The van der Waals surface area contributed by atoms with Crippen molar-refractivity contribution in [3.63, 3.8) is 0 Å². The Labute approximate surface area is 97.0 Å². The number of hydrogen-bond acceptors (Lipinski definition) is 2. The van der Waals surface area contributed by atoms with E-state index < -0.39 is 0 Å². The standard InChI is InChI=1S/C13H20N2O/c1-4-8-15-12(13(14)16)11-7-5-6-9(2)10(11)3/h5-7,12,15H,4,8H2,1-3H3,(H2,14,16). The number of amides is 1. The highest BCUT2D eigenvalue weighted by atomic mass is 16.1. The largest absolute Gasteiger partial charge is 0.368 e. The summed E-state index contributed by atoms with van der Waals surface area (Å²) in [6.45, 7) is 6.92. The van der Waals surface area contributed by atoms with Gasteiger partial charge in [0.2, 0.25) is 5.91 Å². The van der Waals surface area contributed by atoms with Crippen LogP contribution in [-0.2, 0) is 4.79 Å². The molecule has 1 unspecified atom stereocenters. The van der Waals surface area contributed by atoms with E-state index in [1.54, 1.807) is 0 Å². The molecule has 0 radical (unpaired) electrons. The number of rotatable bonds is 5. The molecule has 0 bridgehead atoms. The lowest BCUT2D eigenvalue weighted by atomic mass is 9.97. The Bertz CT molecular complexity index is 374. The van der Waals surface area contributed by atoms with Crippen LogP contribution in [0.3, 0.4) is 0 Å². The van der Waals surface area contributed by atoms with Crippen LogP contribution in [0.1, 0.15) is 36.1 Å². The highest BCUT2D eigenvalue weighted by molar-refractivity contribution is 5.82. The number of nitrogens with one attached hydrogen (secondary N) is 1. The molecule has 0 aliphatic rings. The molecule has 3 nitrogen and oxygen atoms in total. The SMILES string of the molecule is CCCNC(C(N)=O)c1cccc(C)c1C. The zero-order chi connectivity index (χ0) is 12.1. The number of nitrogens with two attached hydrogens (primary N) is 1. The lowest BCUT2D eigenvalue weighted by Crippen LogP contribution is -2.34. The van der Waals surface area contributed by atoms with Gasteiger partial charge in [0.1, 0.15) is 6.04 Å². The Morgan fingerprint density at radius 3 is 2.69 bits per heavy atom. The third-order valence-corrected chi connectivity index (χ3v) is 2.84. The summed E-state index contributed by atoms with van der Waals surface area (Å²) in [4.78, 5) is 11.4. The van der Waals surface area contributed by atoms with E-state index in [0.29, 0.717) is 0 Å². The molecule has 0 fully saturated rings. The molecule has 3 heteroatoms. The van der Waals surface area contributed by atoms with Gasteiger partial charge in [-0.05, 0) is 43.5 Å². The fourth-order valence-electron chi connectivity index (χ4n) is 1.74. The minimum Gasteiger partial charge on any atom is -0.368 e. The van der Waals surface area contributed by atoms with Crippen LogP contribution in [0.25, 0.3) is 0 Å². The van der Waals surface area contributed by atoms with Gasteiger partial charge in [-0.2, -0.15) is 0 Å². The number of aryl methyl sites for hydroxylation is 1. The molecular weight excluding hydrogens is 200 g/mol. The van der Waals surface area contributed by atoms with Crippen LogP contribution in [0.2, 0.25) is 0 Å². The Morgan fingerprint density at radius 1 is 1.44 bits per heavy atom. The molecule has 3 N–H and O–H groups in total. The summed E-state index contributed by atoms with van der Waals surface area (Å²) < 4.78 is 0. The molecule has 1 atom stereocenters. The number of primary amides is 1. The van der Waals surface area contributed by atoms with E-state index in [1.807, 2.05) is 32.0 Å². The highest BCUT2D eigenvalue weighted by Crippen LogP contribution is 2.20. The van der Waals surface area contributed by atoms with Gasteiger partial charge in [-0.3, -0.25) is 4.79 Å². The molecule has 0 spiro atoms. The van der Waals surface area contributed by atoms with Gasteiger partial charge in [0.05, 0.1) is 0 Å². The van der Waals surface area contributed by atoms with E-state index in [4.69, 9.17) is 5.73 Å². The smallest absolute Gasteiger partial charge is 0.239 e. The summed E-state index contributed by atoms with van der Waals surface area (Å²) in [5, 5.41) is 3.18. The minimum atomic E-state index is -0.375. The maximum atomic E-state index is 11.4. The van der Waals surface area contributed by atoms with Gasteiger partial charge in [0.25, 0.3) is 0 Å². The van der Waals surface area contributed by atoms with Crippen LogP contribution < -0.4 is 11.1 Å². The fourth-order valence-corrected chi connectivity index (χ4v) is 1.74. The maximum absolute atomic E-state index is 11.4. The Morgan fingerprint density at radius 2 is 2.12 bits per heavy atom. The topological polar surface area (TPSA) is 55.1 Å². The Balaban J connectivity index is 3.01. The second-order valence-electron chi connectivity index (χ2n) is 4.08. The Kier molecular flexibility index (Phi) is 4.50. The molecule has 1 aromatic rings. The van der Waals surface area contributed by atoms with E-state index in [-0.39, 0.29) is 11.9 Å². The number of carbonyl (C=O) groups is 1. The van der Waals surface area contributed by atoms with Crippen molar-refractivity contribution in [1.82, 2.24) is 5.32 Å². The Hall–Kier alpha value is -1.35. The third-order valence-electron chi connectivity index (χ3n) is 2.84. The first-order valence-corrected chi connectivity index (χ1v) is 5.66. The van der Waals surface area contributed by atoms with Crippen molar-refractivity contribution >= 4 is 5.91 Å². The summed E-state index contributed by atoms with van der Waals surface area (Å²) in [5.41, 5.74) is 8.73. The average Bonchev–Trinajstić information content (AvgIpc) is 2.24. The monoisotopic (exact) mass is 220 g/mol. The lowest BCUT2D eigenvalue weighted by Gasteiger charge is -2.18. The molecule has 16 heavy (non-hydrogen) atoms. The zero-order valence-electron chi connectivity index (χ0n) is 10.2. The van der Waals surface area contributed by atoms with Crippen LogP contribution >= 0.6 is 0 Å². The van der Waals surface area contributed by atoms with E-state index in [1.165, 1.54) is 5.56 Å². The molecule has 0 saturated carbocycles. The third kappa shape index (κ3) is 2.83. The summed E-state index contributed by atoms with van der Waals surface area (Å²) >= 11 is 0. The van der Waals surface area contributed by atoms with E-state index >= 15 is 0 Å². The summed E-state index contributed by atoms with van der Waals surface area (Å²) in [6.07, 6.45) is 0.981. The molecule has 0 aliphatic heterocycles. The summed E-state index contributed by atoms with van der Waals surface area (Å²) in [5.74, 6) is -0.317. The van der Waals surface area contributed by atoms with E-state index in [9.17, 15) is 4.79 Å². The van der Waals surface area contributed by atoms with Gasteiger partial charge in [0.15, 0.2) is 0 Å². The lowest BCUT2D eigenvalue weighted by molar-refractivity contribution is -0.120. The number of carbonyl (C=O) groups excluding carboxylic acids is 1. The van der Waals surface area contributed by atoms with Crippen molar-refractivity contribution in [2.24, 2.45) is 5.73 Å². The normalized spacial score (nSPS) is 12.4. The second-order valence-corrected chi connectivity index (χ2v) is 4.08. The first kappa shape index (κ1) is 12.7. The van der Waals surface area contributed by atoms with Crippen molar-refractivity contribution in [1.29, 1.82) is 0 Å². The minimum absolute atomic E-state index is 0.317. The van der Waals surface area contributed by atoms with Crippen LogP contribution in [-0.4, -0.2) is 12.5 Å². The van der Waals surface area contributed by atoms with E-state index in [0.717, 1.165) is 24.1 Å². The predicted molar refractivity (Wildman–Crippen MR) is 66.1 cm³/mol. The van der Waals surface area contributed by atoms with Gasteiger partial charge in [-0.15, -0.1) is 0 Å². The maximum Gasteiger partial charge on any atom is 0.239 e. The second kappa shape index (κ2) is 5.66. The number of hydrogen-bond donors (Lipinski definition) is 2. The van der Waals surface area contributed by atoms with Crippen molar-refractivity contribution in [3.05, 3.63) is 34.9 Å². The number of benzene rings is 1. The molecule has 0 heterocycles. The van der Waals surface area contributed by atoms with Crippen LogP contribution in [0, 0.1) is 13.8 Å². The highest BCUT2D eigenvalue weighted by Gasteiger charge is 2.18. The van der Waals surface area contributed by atoms with Gasteiger partial charge < -0.3 is 11.1 Å². The zero-order valence-corrected chi connectivity index (χ0v) is 10.2. The quantitative estimate of drug-likeness (QED) is 0.795. The average molecular weight is 220 g/mol. The fraction of sp³-hybridized carbons (Fsp3) is 0.462. The molecule has 88 valence electrons. The predicted octanol–water partition coefficient (Wildman–Crippen LogP) is 1.83. The molecule has 0 saturated heterocycles. The van der Waals surface area contributed by atoms with Crippen LogP contribution in [0.5, 0.6) is 0 Å². The molecule has 0 aliphatic carbocycles. The van der Waals surface area contributed by atoms with E-state index in [2.05, 4.69) is 12.2 Å².